The number of hydrogen-bond donors (Lipinski definition) is 1. The van der Waals surface area contributed by atoms with Gasteiger partial charge in [-0.15, -0.1) is 0 Å². The highest BCUT2D eigenvalue weighted by Crippen LogP contribution is 2.32. The number of carbonyl (C=O) groups excluding carboxylic acids is 1. The van der Waals surface area contributed by atoms with Crippen LogP contribution in [0.4, 0.5) is 0 Å². The monoisotopic (exact) mass is 330 g/mol. The van der Waals surface area contributed by atoms with E-state index in [1.807, 2.05) is 18.2 Å². The molecule has 0 unspecified atom stereocenters. The lowest BCUT2D eigenvalue weighted by Crippen LogP contribution is -2.49. The van der Waals surface area contributed by atoms with Gasteiger partial charge in [0.15, 0.2) is 0 Å². The second-order valence-electron chi connectivity index (χ2n) is 7.19. The molecule has 2 saturated heterocycles. The number of hydrogen-bond acceptors (Lipinski definition) is 4. The smallest absolute Gasteiger partial charge is 0.227 e. The first kappa shape index (κ1) is 15.8. The van der Waals surface area contributed by atoms with E-state index in [1.54, 1.807) is 7.11 Å². The van der Waals surface area contributed by atoms with E-state index in [4.69, 9.17) is 9.47 Å². The number of benzene rings is 1. The maximum Gasteiger partial charge on any atom is 0.227 e. The first-order chi connectivity index (χ1) is 11.7. The van der Waals surface area contributed by atoms with Crippen LogP contribution in [0.15, 0.2) is 18.2 Å². The summed E-state index contributed by atoms with van der Waals surface area (Å²) >= 11 is 0. The number of carbonyl (C=O) groups is 1. The van der Waals surface area contributed by atoms with Gasteiger partial charge in [0, 0.05) is 24.7 Å². The summed E-state index contributed by atoms with van der Waals surface area (Å²) in [5, 5.41) is 3.32. The fraction of sp³-hybridized carbons (Fsp3) is 0.632. The van der Waals surface area contributed by atoms with Crippen molar-refractivity contribution in [2.75, 3.05) is 26.8 Å². The van der Waals surface area contributed by atoms with Gasteiger partial charge >= 0.3 is 0 Å². The van der Waals surface area contributed by atoms with E-state index < -0.39 is 0 Å². The van der Waals surface area contributed by atoms with Gasteiger partial charge in [0.1, 0.15) is 18.1 Å². The third-order valence-electron chi connectivity index (χ3n) is 5.74. The maximum absolute atomic E-state index is 12.7. The molecule has 24 heavy (non-hydrogen) atoms. The van der Waals surface area contributed by atoms with Crippen LogP contribution in [0.5, 0.6) is 11.5 Å². The highest BCUT2D eigenvalue weighted by molar-refractivity contribution is 5.80. The lowest BCUT2D eigenvalue weighted by atomic mass is 9.94. The number of nitrogens with zero attached hydrogens (tertiary/aromatic N) is 1. The van der Waals surface area contributed by atoms with Gasteiger partial charge < -0.3 is 14.8 Å². The van der Waals surface area contributed by atoms with Crippen LogP contribution in [0.2, 0.25) is 0 Å². The Kier molecular flexibility index (Phi) is 4.35. The van der Waals surface area contributed by atoms with Crippen molar-refractivity contribution in [1.29, 1.82) is 0 Å². The molecule has 3 heterocycles. The standard InChI is InChI=1S/C19H26N2O3/c1-23-15-6-5-13-10-14(12-24-18(13)11-15)19(22)20-16-7-9-21-8-3-2-4-17(16)21/h5-6,11,14,16-17H,2-4,7-10,12H2,1H3,(H,20,22)/t14-,16+,17-/m1/s1. The highest BCUT2D eigenvalue weighted by Gasteiger charge is 2.37. The van der Waals surface area contributed by atoms with Crippen LogP contribution in [0.25, 0.3) is 0 Å². The Morgan fingerprint density at radius 2 is 2.21 bits per heavy atom. The van der Waals surface area contributed by atoms with Crippen molar-refractivity contribution in [3.63, 3.8) is 0 Å². The SMILES string of the molecule is COc1ccc2c(c1)OC[C@H](C(=O)N[C@H]1CCN3CCCC[C@H]13)C2. The zero-order valence-electron chi connectivity index (χ0n) is 14.3. The number of ether oxygens (including phenoxy) is 2. The van der Waals surface area contributed by atoms with Crippen molar-refractivity contribution in [2.24, 2.45) is 5.92 Å². The zero-order chi connectivity index (χ0) is 16.5. The molecule has 1 aromatic carbocycles. The Bertz CT molecular complexity index is 619. The molecule has 5 nitrogen and oxygen atoms in total. The molecule has 0 saturated carbocycles. The largest absolute Gasteiger partial charge is 0.497 e. The van der Waals surface area contributed by atoms with Crippen molar-refractivity contribution in [3.05, 3.63) is 23.8 Å². The van der Waals surface area contributed by atoms with Gasteiger partial charge in [-0.2, -0.15) is 0 Å². The van der Waals surface area contributed by atoms with Crippen LogP contribution < -0.4 is 14.8 Å². The van der Waals surface area contributed by atoms with Gasteiger partial charge in [-0.1, -0.05) is 12.5 Å². The molecule has 3 atom stereocenters. The van der Waals surface area contributed by atoms with Crippen LogP contribution in [0, 0.1) is 5.92 Å². The van der Waals surface area contributed by atoms with Gasteiger partial charge in [-0.3, -0.25) is 9.69 Å². The second kappa shape index (κ2) is 6.63. The number of amides is 1. The predicted octanol–water partition coefficient (Wildman–Crippen LogP) is 1.99. The van der Waals surface area contributed by atoms with Crippen molar-refractivity contribution in [3.8, 4) is 11.5 Å². The first-order valence-electron chi connectivity index (χ1n) is 9.09. The molecule has 0 spiro atoms. The molecule has 0 bridgehead atoms. The fourth-order valence-electron chi connectivity index (χ4n) is 4.36. The molecule has 0 aliphatic carbocycles. The van der Waals surface area contributed by atoms with Gasteiger partial charge in [0.05, 0.1) is 13.0 Å². The topological polar surface area (TPSA) is 50.8 Å². The van der Waals surface area contributed by atoms with Crippen LogP contribution >= 0.6 is 0 Å². The van der Waals surface area contributed by atoms with Gasteiger partial charge in [0.25, 0.3) is 0 Å². The molecule has 0 aromatic heterocycles. The Balaban J connectivity index is 1.38. The Labute approximate surface area is 143 Å². The molecule has 3 aliphatic heterocycles. The van der Waals surface area contributed by atoms with E-state index in [0.29, 0.717) is 18.7 Å². The van der Waals surface area contributed by atoms with E-state index in [0.717, 1.165) is 36.4 Å². The highest BCUT2D eigenvalue weighted by atomic mass is 16.5. The normalized spacial score (nSPS) is 29.3. The van der Waals surface area contributed by atoms with E-state index in [-0.39, 0.29) is 11.8 Å². The molecule has 1 N–H and O–H groups in total. The molecule has 5 heteroatoms. The van der Waals surface area contributed by atoms with Gasteiger partial charge in [-0.25, -0.2) is 0 Å². The van der Waals surface area contributed by atoms with E-state index in [2.05, 4.69) is 10.2 Å². The predicted molar refractivity (Wildman–Crippen MR) is 91.4 cm³/mol. The summed E-state index contributed by atoms with van der Waals surface area (Å²) in [6, 6.07) is 6.70. The summed E-state index contributed by atoms with van der Waals surface area (Å²) in [7, 11) is 1.65. The van der Waals surface area contributed by atoms with Gasteiger partial charge in [0.2, 0.25) is 5.91 Å². The molecule has 1 amide bonds. The minimum Gasteiger partial charge on any atom is -0.497 e. The molecular weight excluding hydrogens is 304 g/mol. The minimum atomic E-state index is -0.0939. The van der Waals surface area contributed by atoms with Crippen LogP contribution in [0.1, 0.15) is 31.2 Å². The minimum absolute atomic E-state index is 0.0939. The number of methoxy groups -OCH3 is 1. The molecule has 3 aliphatic rings. The second-order valence-corrected chi connectivity index (χ2v) is 7.19. The Morgan fingerprint density at radius 3 is 3.08 bits per heavy atom. The average molecular weight is 330 g/mol. The van der Waals surface area contributed by atoms with Crippen molar-refractivity contribution in [2.45, 2.75) is 44.2 Å². The summed E-state index contributed by atoms with van der Waals surface area (Å²) in [5.41, 5.74) is 1.09. The zero-order valence-corrected chi connectivity index (χ0v) is 14.3. The molecule has 130 valence electrons. The quantitative estimate of drug-likeness (QED) is 0.921. The van der Waals surface area contributed by atoms with Crippen LogP contribution in [-0.4, -0.2) is 49.7 Å². The summed E-state index contributed by atoms with van der Waals surface area (Å²) in [5.74, 6) is 1.69. The fourth-order valence-corrected chi connectivity index (χ4v) is 4.36. The summed E-state index contributed by atoms with van der Waals surface area (Å²) in [6.07, 6.45) is 5.63. The number of fused-ring (bicyclic) bond motifs is 2. The summed E-state index contributed by atoms with van der Waals surface area (Å²) in [6.45, 7) is 2.77. The average Bonchev–Trinajstić information content (AvgIpc) is 3.04. The third-order valence-corrected chi connectivity index (χ3v) is 5.74. The maximum atomic E-state index is 12.7. The number of nitrogens with one attached hydrogen (secondary N) is 1. The number of rotatable bonds is 3. The summed E-state index contributed by atoms with van der Waals surface area (Å²) < 4.78 is 11.0. The van der Waals surface area contributed by atoms with Crippen molar-refractivity contribution < 1.29 is 14.3 Å². The Hall–Kier alpha value is -1.75. The molecular formula is C19H26N2O3. The van der Waals surface area contributed by atoms with E-state index >= 15 is 0 Å². The molecule has 0 radical (unpaired) electrons. The van der Waals surface area contributed by atoms with E-state index in [9.17, 15) is 4.79 Å². The summed E-state index contributed by atoms with van der Waals surface area (Å²) in [4.78, 5) is 15.3. The third kappa shape index (κ3) is 2.97. The molecule has 4 rings (SSSR count). The first-order valence-corrected chi connectivity index (χ1v) is 9.09. The van der Waals surface area contributed by atoms with Crippen LogP contribution in [0.3, 0.4) is 0 Å². The molecule has 1 aromatic rings. The van der Waals surface area contributed by atoms with Crippen LogP contribution in [-0.2, 0) is 11.2 Å². The van der Waals surface area contributed by atoms with Gasteiger partial charge in [-0.05, 0) is 43.9 Å². The lowest BCUT2D eigenvalue weighted by Gasteiger charge is -2.33. The lowest BCUT2D eigenvalue weighted by molar-refractivity contribution is -0.127. The van der Waals surface area contributed by atoms with Crippen molar-refractivity contribution in [1.82, 2.24) is 10.2 Å². The number of piperidine rings is 1. The Morgan fingerprint density at radius 1 is 1.29 bits per heavy atom. The molecule has 2 fully saturated rings. The van der Waals surface area contributed by atoms with E-state index in [1.165, 1.54) is 25.8 Å². The van der Waals surface area contributed by atoms with Crippen molar-refractivity contribution >= 4 is 5.91 Å².